The maximum Gasteiger partial charge on any atom is 0.337 e. The number of hydrogen-bond acceptors (Lipinski definition) is 7. The van der Waals surface area contributed by atoms with Gasteiger partial charge in [0.15, 0.2) is 5.78 Å². The largest absolute Gasteiger partial charge is 0.508 e. The van der Waals surface area contributed by atoms with E-state index in [1.54, 1.807) is 25.3 Å². The highest BCUT2D eigenvalue weighted by Gasteiger charge is 2.45. The van der Waals surface area contributed by atoms with Crippen molar-refractivity contribution < 1.29 is 28.9 Å². The lowest BCUT2D eigenvalue weighted by molar-refractivity contribution is -0.198. The van der Waals surface area contributed by atoms with Gasteiger partial charge >= 0.3 is 5.97 Å². The maximum atomic E-state index is 13.9. The lowest BCUT2D eigenvalue weighted by Gasteiger charge is -2.45. The smallest absolute Gasteiger partial charge is 0.337 e. The highest BCUT2D eigenvalue weighted by Crippen LogP contribution is 2.47. The average molecular weight is 546 g/mol. The number of para-hydroxylation sites is 1. The summed E-state index contributed by atoms with van der Waals surface area (Å²) in [6.07, 6.45) is 1.71. The lowest BCUT2D eigenvalue weighted by atomic mass is 9.71. The van der Waals surface area contributed by atoms with E-state index in [4.69, 9.17) is 14.2 Å². The number of carbonyl (C=O) groups excluding carboxylic acids is 2. The van der Waals surface area contributed by atoms with Crippen molar-refractivity contribution >= 4 is 11.8 Å². The van der Waals surface area contributed by atoms with E-state index in [0.717, 1.165) is 17.0 Å². The van der Waals surface area contributed by atoms with E-state index in [-0.39, 0.29) is 23.6 Å². The van der Waals surface area contributed by atoms with Crippen LogP contribution in [0.1, 0.15) is 83.3 Å². The molecule has 0 unspecified atom stereocenters. The summed E-state index contributed by atoms with van der Waals surface area (Å²) in [7, 11) is 1.64. The lowest BCUT2D eigenvalue weighted by Crippen LogP contribution is -2.48. The second-order valence-electron chi connectivity index (χ2n) is 12.4. The first-order valence-corrected chi connectivity index (χ1v) is 13.9. The zero-order valence-corrected chi connectivity index (χ0v) is 24.2. The van der Waals surface area contributed by atoms with E-state index in [2.05, 4.69) is 5.32 Å². The quantitative estimate of drug-likeness (QED) is 0.442. The fourth-order valence-corrected chi connectivity index (χ4v) is 6.87. The molecule has 2 aliphatic heterocycles. The van der Waals surface area contributed by atoms with Crippen LogP contribution in [0.3, 0.4) is 0 Å². The highest BCUT2D eigenvalue weighted by atomic mass is 16.6. The number of carbonyl (C=O) groups is 2. The Balaban J connectivity index is 1.52. The summed E-state index contributed by atoms with van der Waals surface area (Å²) in [5.41, 5.74) is 3.19. The molecule has 5 rings (SSSR count). The molecule has 0 bridgehead atoms. The fraction of sp³-hybridized carbons (Fsp3) is 0.455. The van der Waals surface area contributed by atoms with Crippen molar-refractivity contribution in [3.05, 3.63) is 82.2 Å². The van der Waals surface area contributed by atoms with Crippen LogP contribution in [0.2, 0.25) is 0 Å². The van der Waals surface area contributed by atoms with Gasteiger partial charge in [0.1, 0.15) is 17.6 Å². The summed E-state index contributed by atoms with van der Waals surface area (Å²) >= 11 is 0. The number of methoxy groups -OCH3 is 1. The third kappa shape index (κ3) is 5.52. The third-order valence-corrected chi connectivity index (χ3v) is 8.09. The second-order valence-corrected chi connectivity index (χ2v) is 12.4. The monoisotopic (exact) mass is 545 g/mol. The number of phenolic OH excluding ortho intramolecular Hbond substituents is 1. The second kappa shape index (κ2) is 10.4. The number of allylic oxidation sites excluding steroid dienone is 3. The van der Waals surface area contributed by atoms with Gasteiger partial charge in [-0.1, -0.05) is 30.3 Å². The third-order valence-electron chi connectivity index (χ3n) is 8.09. The van der Waals surface area contributed by atoms with Gasteiger partial charge in [-0.2, -0.15) is 0 Å². The molecular weight excluding hydrogens is 506 g/mol. The Morgan fingerprint density at radius 3 is 2.40 bits per heavy atom. The molecule has 0 radical (unpaired) electrons. The van der Waals surface area contributed by atoms with Crippen molar-refractivity contribution in [2.24, 2.45) is 0 Å². The van der Waals surface area contributed by atoms with Gasteiger partial charge in [-0.3, -0.25) is 4.79 Å². The number of nitrogens with one attached hydrogen (secondary N) is 1. The highest BCUT2D eigenvalue weighted by molar-refractivity contribution is 6.04. The van der Waals surface area contributed by atoms with E-state index in [1.807, 2.05) is 65.0 Å². The topological polar surface area (TPSA) is 94.1 Å². The van der Waals surface area contributed by atoms with Gasteiger partial charge in [0, 0.05) is 48.1 Å². The first-order chi connectivity index (χ1) is 18.9. The van der Waals surface area contributed by atoms with Gasteiger partial charge in [0.2, 0.25) is 0 Å². The van der Waals surface area contributed by atoms with Crippen molar-refractivity contribution in [3.8, 4) is 11.5 Å². The minimum absolute atomic E-state index is 0.0378. The minimum atomic E-state index is -0.650. The zero-order valence-electron chi connectivity index (χ0n) is 24.2. The first-order valence-electron chi connectivity index (χ1n) is 13.9. The van der Waals surface area contributed by atoms with Crippen molar-refractivity contribution in [2.45, 2.75) is 89.4 Å². The van der Waals surface area contributed by atoms with Crippen LogP contribution >= 0.6 is 0 Å². The fourth-order valence-electron chi connectivity index (χ4n) is 6.87. The Kier molecular flexibility index (Phi) is 7.29. The van der Waals surface area contributed by atoms with Gasteiger partial charge in [0.25, 0.3) is 0 Å². The van der Waals surface area contributed by atoms with Crippen LogP contribution in [-0.4, -0.2) is 41.3 Å². The number of ketones is 1. The van der Waals surface area contributed by atoms with Crippen LogP contribution in [0, 0.1) is 0 Å². The van der Waals surface area contributed by atoms with Crippen molar-refractivity contribution in [1.29, 1.82) is 0 Å². The SMILES string of the molecule is COc1ccccc1[C@H]1CC(=O)C2=C(C1)NC(C)=C(C(=O)OC1CC(C)(C)OC(C)(C)C1)[C@H]2c1cccc(O)c1. The Bertz CT molecular complexity index is 1390. The molecule has 2 N–H and O–H groups in total. The minimum Gasteiger partial charge on any atom is -0.508 e. The molecule has 0 amide bonds. The number of benzene rings is 2. The van der Waals surface area contributed by atoms with E-state index in [1.165, 1.54) is 0 Å². The molecule has 2 heterocycles. The number of ether oxygens (including phenoxy) is 3. The summed E-state index contributed by atoms with van der Waals surface area (Å²) in [4.78, 5) is 27.9. The summed E-state index contributed by atoms with van der Waals surface area (Å²) in [6.45, 7) is 9.88. The van der Waals surface area contributed by atoms with Gasteiger partial charge < -0.3 is 24.6 Å². The van der Waals surface area contributed by atoms with E-state index in [9.17, 15) is 14.7 Å². The molecule has 2 atom stereocenters. The molecule has 1 saturated heterocycles. The molecule has 2 aromatic carbocycles. The van der Waals surface area contributed by atoms with Crippen LogP contribution in [0.15, 0.2) is 71.1 Å². The Hall–Kier alpha value is -3.58. The standard InChI is InChI=1S/C33H39NO6/c1-19-28(31(37)39-23-17-32(2,3)40-33(4,5)18-23)29(20-10-9-11-22(35)14-20)30-25(34-19)15-21(16-26(30)36)24-12-7-8-13-27(24)38-6/h7-14,21,23,29,34-35H,15-18H2,1-6H3/t21-,29-/m1/s1. The number of aromatic hydroxyl groups is 1. The summed E-state index contributed by atoms with van der Waals surface area (Å²) in [6, 6.07) is 14.6. The predicted molar refractivity (Wildman–Crippen MR) is 152 cm³/mol. The van der Waals surface area contributed by atoms with Crippen LogP contribution in [0.5, 0.6) is 11.5 Å². The summed E-state index contributed by atoms with van der Waals surface area (Å²) in [5.74, 6) is -0.377. The Morgan fingerprint density at radius 1 is 1.02 bits per heavy atom. The van der Waals surface area contributed by atoms with Crippen molar-refractivity contribution in [2.75, 3.05) is 7.11 Å². The summed E-state index contributed by atoms with van der Waals surface area (Å²) in [5, 5.41) is 13.8. The molecule has 7 heteroatoms. The van der Waals surface area contributed by atoms with Crippen LogP contribution in [0.25, 0.3) is 0 Å². The maximum absolute atomic E-state index is 13.9. The van der Waals surface area contributed by atoms with E-state index >= 15 is 0 Å². The molecule has 7 nitrogen and oxygen atoms in total. The average Bonchev–Trinajstić information content (AvgIpc) is 2.85. The predicted octanol–water partition coefficient (Wildman–Crippen LogP) is 6.04. The molecule has 1 aliphatic carbocycles. The molecule has 0 aromatic heterocycles. The normalized spacial score (nSPS) is 24.3. The number of Topliss-reactive ketones (excluding diaryl/α,β-unsaturated/α-hetero) is 1. The molecule has 0 spiro atoms. The number of dihydropyridines is 1. The van der Waals surface area contributed by atoms with Crippen molar-refractivity contribution in [3.63, 3.8) is 0 Å². The number of hydrogen-bond donors (Lipinski definition) is 2. The molecule has 0 saturated carbocycles. The number of phenols is 1. The Morgan fingerprint density at radius 2 is 1.73 bits per heavy atom. The van der Waals surface area contributed by atoms with Crippen LogP contribution in [0.4, 0.5) is 0 Å². The number of esters is 1. The van der Waals surface area contributed by atoms with Crippen molar-refractivity contribution in [1.82, 2.24) is 5.32 Å². The van der Waals surface area contributed by atoms with Gasteiger partial charge in [-0.25, -0.2) is 4.79 Å². The molecule has 212 valence electrons. The Labute approximate surface area is 236 Å². The summed E-state index contributed by atoms with van der Waals surface area (Å²) < 4.78 is 17.9. The molecule has 2 aromatic rings. The van der Waals surface area contributed by atoms with Gasteiger partial charge in [0.05, 0.1) is 23.9 Å². The van der Waals surface area contributed by atoms with Gasteiger partial charge in [-0.05, 0) is 70.4 Å². The van der Waals surface area contributed by atoms with E-state index < -0.39 is 23.1 Å². The molecule has 1 fully saturated rings. The first kappa shape index (κ1) is 28.0. The van der Waals surface area contributed by atoms with Gasteiger partial charge in [-0.15, -0.1) is 0 Å². The number of rotatable bonds is 5. The zero-order chi connectivity index (χ0) is 28.8. The van der Waals surface area contributed by atoms with Crippen LogP contribution in [-0.2, 0) is 19.1 Å². The van der Waals surface area contributed by atoms with Crippen LogP contribution < -0.4 is 10.1 Å². The molecule has 40 heavy (non-hydrogen) atoms. The molecular formula is C33H39NO6. The molecule has 3 aliphatic rings. The van der Waals surface area contributed by atoms with E-state index in [0.29, 0.717) is 48.1 Å².